The van der Waals surface area contributed by atoms with Crippen molar-refractivity contribution in [1.29, 1.82) is 0 Å². The lowest BCUT2D eigenvalue weighted by Crippen LogP contribution is -2.18. The zero-order chi connectivity index (χ0) is 12.5. The van der Waals surface area contributed by atoms with E-state index >= 15 is 0 Å². The van der Waals surface area contributed by atoms with Crippen LogP contribution >= 0.6 is 15.9 Å². The number of benzene rings is 1. The predicted octanol–water partition coefficient (Wildman–Crippen LogP) is 3.87. The van der Waals surface area contributed by atoms with Crippen LogP contribution in [0.2, 0.25) is 0 Å². The third-order valence-corrected chi connectivity index (χ3v) is 2.21. The quantitative estimate of drug-likeness (QED) is 0.665. The first kappa shape index (κ1) is 13.0. The number of halogens is 6. The van der Waals surface area contributed by atoms with Crippen molar-refractivity contribution in [2.75, 3.05) is 5.73 Å². The van der Waals surface area contributed by atoms with Gasteiger partial charge in [-0.05, 0) is 6.07 Å². The van der Waals surface area contributed by atoms with Gasteiger partial charge in [-0.3, -0.25) is 0 Å². The van der Waals surface area contributed by atoms with Crippen LogP contribution in [-0.2, 0) is 0 Å². The summed E-state index contributed by atoms with van der Waals surface area (Å²) in [6.45, 7) is 0. The highest BCUT2D eigenvalue weighted by Gasteiger charge is 2.34. The van der Waals surface area contributed by atoms with Gasteiger partial charge in [0.2, 0.25) is 0 Å². The molecule has 2 nitrogen and oxygen atoms in total. The van der Waals surface area contributed by atoms with E-state index in [4.69, 9.17) is 5.73 Å². The minimum atomic E-state index is -5.04. The van der Waals surface area contributed by atoms with Crippen molar-refractivity contribution in [3.63, 3.8) is 0 Å². The van der Waals surface area contributed by atoms with Gasteiger partial charge in [0.05, 0.1) is 5.56 Å². The third-order valence-electron chi connectivity index (χ3n) is 1.56. The van der Waals surface area contributed by atoms with E-state index in [1.54, 1.807) is 0 Å². The van der Waals surface area contributed by atoms with Crippen molar-refractivity contribution < 1.29 is 26.7 Å². The lowest BCUT2D eigenvalue weighted by atomic mass is 10.2. The molecule has 1 rings (SSSR count). The summed E-state index contributed by atoms with van der Waals surface area (Å²) >= 11 is 2.70. The lowest BCUT2D eigenvalue weighted by molar-refractivity contribution is -0.275. The van der Waals surface area contributed by atoms with Crippen LogP contribution < -0.4 is 10.5 Å². The average molecular weight is 306 g/mol. The lowest BCUT2D eigenvalue weighted by Gasteiger charge is -2.14. The maximum atomic E-state index is 12.5. The zero-order valence-corrected chi connectivity index (χ0v) is 9.07. The fourth-order valence-corrected chi connectivity index (χ4v) is 1.67. The third kappa shape index (κ3) is 3.22. The van der Waals surface area contributed by atoms with Gasteiger partial charge in [0.25, 0.3) is 6.43 Å². The van der Waals surface area contributed by atoms with Gasteiger partial charge in [-0.1, -0.05) is 15.9 Å². The molecule has 0 aliphatic heterocycles. The fourth-order valence-electron chi connectivity index (χ4n) is 1.03. The molecule has 0 saturated heterocycles. The molecule has 0 amide bonds. The molecule has 16 heavy (non-hydrogen) atoms. The van der Waals surface area contributed by atoms with Crippen LogP contribution in [0.15, 0.2) is 16.6 Å². The summed E-state index contributed by atoms with van der Waals surface area (Å²) in [5.74, 6) is -1.01. The molecule has 0 aliphatic rings. The van der Waals surface area contributed by atoms with Gasteiger partial charge in [0.15, 0.2) is 0 Å². The number of alkyl halides is 5. The highest BCUT2D eigenvalue weighted by atomic mass is 79.9. The predicted molar refractivity (Wildman–Crippen MR) is 50.2 cm³/mol. The van der Waals surface area contributed by atoms with Gasteiger partial charge in [0.1, 0.15) is 5.75 Å². The summed E-state index contributed by atoms with van der Waals surface area (Å²) in [7, 11) is 0. The van der Waals surface area contributed by atoms with Crippen molar-refractivity contribution in [3.05, 3.63) is 22.2 Å². The normalized spacial score (nSPS) is 11.9. The fraction of sp³-hybridized carbons (Fsp3) is 0.250. The number of hydrogen-bond donors (Lipinski definition) is 1. The maximum absolute atomic E-state index is 12.5. The number of ether oxygens (including phenoxy) is 1. The standard InChI is InChI=1S/C8H5BrF5NO/c9-4-1-3(15)2-5(6(4)7(10)11)16-8(12,13)14/h1-2,7H,15H2. The largest absolute Gasteiger partial charge is 0.573 e. The van der Waals surface area contributed by atoms with E-state index in [-0.39, 0.29) is 10.2 Å². The summed E-state index contributed by atoms with van der Waals surface area (Å²) in [6.07, 6.45) is -8.15. The van der Waals surface area contributed by atoms with Crippen LogP contribution in [0.3, 0.4) is 0 Å². The summed E-state index contributed by atoms with van der Waals surface area (Å²) < 4.78 is 64.0. The highest BCUT2D eigenvalue weighted by molar-refractivity contribution is 9.10. The van der Waals surface area contributed by atoms with E-state index in [0.29, 0.717) is 6.07 Å². The summed E-state index contributed by atoms with van der Waals surface area (Å²) in [5.41, 5.74) is 4.23. The van der Waals surface area contributed by atoms with Crippen LogP contribution in [0.25, 0.3) is 0 Å². The second kappa shape index (κ2) is 4.44. The minimum Gasteiger partial charge on any atom is -0.405 e. The second-order valence-electron chi connectivity index (χ2n) is 2.76. The summed E-state index contributed by atoms with van der Waals surface area (Å²) in [6, 6.07) is 1.77. The van der Waals surface area contributed by atoms with E-state index in [0.717, 1.165) is 6.07 Å². The first-order chi connectivity index (χ1) is 7.20. The van der Waals surface area contributed by atoms with Crippen molar-refractivity contribution in [2.24, 2.45) is 0 Å². The number of nitrogen functional groups attached to an aromatic ring is 1. The van der Waals surface area contributed by atoms with Gasteiger partial charge in [-0.15, -0.1) is 13.2 Å². The Labute approximate surface area is 95.3 Å². The number of anilines is 1. The molecule has 0 saturated carbocycles. The van der Waals surface area contributed by atoms with Gasteiger partial charge in [0, 0.05) is 16.2 Å². The van der Waals surface area contributed by atoms with E-state index in [2.05, 4.69) is 20.7 Å². The molecule has 0 spiro atoms. The Morgan fingerprint density at radius 3 is 2.25 bits per heavy atom. The number of rotatable bonds is 2. The summed E-state index contributed by atoms with van der Waals surface area (Å²) in [4.78, 5) is 0. The topological polar surface area (TPSA) is 35.2 Å². The van der Waals surface area contributed by atoms with Crippen LogP contribution in [0.4, 0.5) is 27.6 Å². The first-order valence-corrected chi connectivity index (χ1v) is 4.63. The molecule has 1 aromatic carbocycles. The molecule has 1 aromatic rings. The van der Waals surface area contributed by atoms with Crippen molar-refractivity contribution in [3.8, 4) is 5.75 Å². The van der Waals surface area contributed by atoms with Gasteiger partial charge in [-0.2, -0.15) is 0 Å². The van der Waals surface area contributed by atoms with Crippen LogP contribution in [0.1, 0.15) is 12.0 Å². The van der Waals surface area contributed by atoms with Crippen LogP contribution in [-0.4, -0.2) is 6.36 Å². The van der Waals surface area contributed by atoms with Crippen molar-refractivity contribution in [1.82, 2.24) is 0 Å². The SMILES string of the molecule is Nc1cc(Br)c(C(F)F)c(OC(F)(F)F)c1. The Balaban J connectivity index is 3.24. The first-order valence-electron chi connectivity index (χ1n) is 3.83. The Bertz CT molecular complexity index is 393. The highest BCUT2D eigenvalue weighted by Crippen LogP contribution is 2.39. The molecule has 0 aliphatic carbocycles. The van der Waals surface area contributed by atoms with E-state index in [1.165, 1.54) is 0 Å². The van der Waals surface area contributed by atoms with Gasteiger partial charge >= 0.3 is 6.36 Å². The molecule has 0 radical (unpaired) electrons. The molecule has 8 heteroatoms. The van der Waals surface area contributed by atoms with E-state index in [1.807, 2.05) is 0 Å². The molecule has 0 aromatic heterocycles. The van der Waals surface area contributed by atoms with E-state index < -0.39 is 24.1 Å². The molecule has 0 unspecified atom stereocenters. The van der Waals surface area contributed by atoms with E-state index in [9.17, 15) is 22.0 Å². The molecular weight excluding hydrogens is 301 g/mol. The number of hydrogen-bond acceptors (Lipinski definition) is 2. The molecule has 90 valence electrons. The van der Waals surface area contributed by atoms with Crippen molar-refractivity contribution in [2.45, 2.75) is 12.8 Å². The molecular formula is C8H5BrF5NO. The zero-order valence-electron chi connectivity index (χ0n) is 7.49. The second-order valence-corrected chi connectivity index (χ2v) is 3.62. The molecule has 0 bridgehead atoms. The van der Waals surface area contributed by atoms with Gasteiger partial charge in [-0.25, -0.2) is 8.78 Å². The smallest absolute Gasteiger partial charge is 0.405 e. The minimum absolute atomic E-state index is 0.115. The van der Waals surface area contributed by atoms with Gasteiger partial charge < -0.3 is 10.5 Å². The average Bonchev–Trinajstić information content (AvgIpc) is 1.96. The Hall–Kier alpha value is -1.05. The Kier molecular flexibility index (Phi) is 3.61. The number of nitrogens with two attached hydrogens (primary N) is 1. The van der Waals surface area contributed by atoms with Crippen LogP contribution in [0.5, 0.6) is 5.75 Å². The Morgan fingerprint density at radius 2 is 1.81 bits per heavy atom. The molecule has 0 fully saturated rings. The monoisotopic (exact) mass is 305 g/mol. The molecule has 2 N–H and O–H groups in total. The summed E-state index contributed by atoms with van der Waals surface area (Å²) in [5, 5.41) is 0. The maximum Gasteiger partial charge on any atom is 0.573 e. The Morgan fingerprint density at radius 1 is 1.25 bits per heavy atom. The van der Waals surface area contributed by atoms with Crippen molar-refractivity contribution >= 4 is 21.6 Å². The molecule has 0 heterocycles. The van der Waals surface area contributed by atoms with Crippen LogP contribution in [0, 0.1) is 0 Å². The molecule has 0 atom stereocenters.